The summed E-state index contributed by atoms with van der Waals surface area (Å²) in [7, 11) is 0. The first kappa shape index (κ1) is 22.5. The molecule has 0 bridgehead atoms. The van der Waals surface area contributed by atoms with E-state index < -0.39 is 5.79 Å². The molecule has 4 heterocycles. The number of rotatable bonds is 4. The third-order valence-electron chi connectivity index (χ3n) is 6.93. The molecule has 1 saturated heterocycles. The summed E-state index contributed by atoms with van der Waals surface area (Å²) in [5, 5.41) is 2.98. The lowest BCUT2D eigenvalue weighted by molar-refractivity contribution is -0.160. The molecule has 6 nitrogen and oxygen atoms in total. The van der Waals surface area contributed by atoms with Gasteiger partial charge in [0.15, 0.2) is 5.79 Å². The van der Waals surface area contributed by atoms with Crippen molar-refractivity contribution in [3.05, 3.63) is 63.7 Å². The number of benzene rings is 1. The van der Waals surface area contributed by atoms with Gasteiger partial charge in [0.1, 0.15) is 16.9 Å². The zero-order valence-corrected chi connectivity index (χ0v) is 21.0. The summed E-state index contributed by atoms with van der Waals surface area (Å²) < 4.78 is 15.0. The van der Waals surface area contributed by atoms with E-state index in [4.69, 9.17) is 44.3 Å². The molecule has 2 aliphatic rings. The van der Waals surface area contributed by atoms with Crippen molar-refractivity contribution in [1.82, 2.24) is 19.5 Å². The van der Waals surface area contributed by atoms with Gasteiger partial charge < -0.3 is 14.0 Å². The Hall–Kier alpha value is -1.96. The summed E-state index contributed by atoms with van der Waals surface area (Å²) in [6.07, 6.45) is 6.59. The van der Waals surface area contributed by atoms with Gasteiger partial charge in [-0.2, -0.15) is 4.98 Å². The van der Waals surface area contributed by atoms with E-state index >= 15 is 0 Å². The molecule has 0 amide bonds. The van der Waals surface area contributed by atoms with Crippen molar-refractivity contribution in [2.75, 3.05) is 0 Å². The Labute approximate surface area is 212 Å². The minimum Gasteiger partial charge on any atom is -0.344 e. The fourth-order valence-electron chi connectivity index (χ4n) is 5.47. The van der Waals surface area contributed by atoms with Gasteiger partial charge >= 0.3 is 0 Å². The molecule has 1 aliphatic carbocycles. The summed E-state index contributed by atoms with van der Waals surface area (Å²) in [6, 6.07) is 10.3. The topological polar surface area (TPSA) is 62.1 Å². The molecule has 9 heteroatoms. The van der Waals surface area contributed by atoms with Crippen LogP contribution in [0, 0.1) is 5.92 Å². The van der Waals surface area contributed by atoms with Crippen LogP contribution in [0.25, 0.3) is 21.9 Å². The maximum absolute atomic E-state index is 6.40. The monoisotopic (exact) mass is 516 g/mol. The summed E-state index contributed by atoms with van der Waals surface area (Å²) in [6.45, 7) is 3.96. The van der Waals surface area contributed by atoms with E-state index in [9.17, 15) is 0 Å². The van der Waals surface area contributed by atoms with Crippen LogP contribution in [0.1, 0.15) is 38.3 Å². The highest BCUT2D eigenvalue weighted by molar-refractivity contribution is 6.41. The van der Waals surface area contributed by atoms with E-state index in [0.29, 0.717) is 16.1 Å². The van der Waals surface area contributed by atoms with Crippen LogP contribution in [0.15, 0.2) is 42.7 Å². The molecule has 34 heavy (non-hydrogen) atoms. The molecule has 0 unspecified atom stereocenters. The maximum Gasteiger partial charge on any atom is 0.224 e. The molecule has 2 fully saturated rings. The molecule has 1 saturated carbocycles. The molecule has 1 aliphatic heterocycles. The lowest BCUT2D eigenvalue weighted by atomic mass is 9.95. The standard InChI is InChI=1S/C25H23Cl3N4O2/c1-25(2)33-20-15(6-4-13-3-5-14-10-17(26)22(27)30-18(14)9-13)11-19(21(20)34-25)32-8-7-16-12-29-24(28)31-23(16)32/h3,5,7-10,12,15,19-21H,4,6,11H2,1-2H3/t15-,19+,20+,21-/m0/s1. The van der Waals surface area contributed by atoms with Crippen molar-refractivity contribution in [1.29, 1.82) is 0 Å². The molecular weight excluding hydrogens is 495 g/mol. The first-order valence-corrected chi connectivity index (χ1v) is 12.5. The Balaban J connectivity index is 1.27. The molecule has 0 radical (unpaired) electrons. The Morgan fingerprint density at radius 3 is 2.71 bits per heavy atom. The second kappa shape index (κ2) is 8.32. The van der Waals surface area contributed by atoms with Crippen LogP contribution in [0.2, 0.25) is 15.5 Å². The van der Waals surface area contributed by atoms with Crippen LogP contribution in [0.3, 0.4) is 0 Å². The number of hydrogen-bond acceptors (Lipinski definition) is 5. The van der Waals surface area contributed by atoms with Crippen LogP contribution in [-0.2, 0) is 15.9 Å². The van der Waals surface area contributed by atoms with Crippen molar-refractivity contribution in [2.45, 2.75) is 57.1 Å². The van der Waals surface area contributed by atoms with Gasteiger partial charge in [-0.15, -0.1) is 0 Å². The van der Waals surface area contributed by atoms with Crippen LogP contribution in [0.4, 0.5) is 0 Å². The zero-order valence-electron chi connectivity index (χ0n) is 18.7. The van der Waals surface area contributed by atoms with Crippen molar-refractivity contribution < 1.29 is 9.47 Å². The highest BCUT2D eigenvalue weighted by Crippen LogP contribution is 2.49. The van der Waals surface area contributed by atoms with Crippen LogP contribution in [-0.4, -0.2) is 37.5 Å². The molecule has 176 valence electrons. The number of hydrogen-bond donors (Lipinski definition) is 0. The quantitative estimate of drug-likeness (QED) is 0.224. The minimum atomic E-state index is -0.620. The van der Waals surface area contributed by atoms with Gasteiger partial charge in [-0.3, -0.25) is 0 Å². The molecular formula is C25H23Cl3N4O2. The van der Waals surface area contributed by atoms with E-state index in [1.807, 2.05) is 32.0 Å². The molecule has 6 rings (SSSR count). The molecule has 4 atom stereocenters. The third-order valence-corrected chi connectivity index (χ3v) is 7.79. The van der Waals surface area contributed by atoms with Gasteiger partial charge in [-0.1, -0.05) is 35.3 Å². The van der Waals surface area contributed by atoms with Gasteiger partial charge in [0.25, 0.3) is 0 Å². The zero-order chi connectivity index (χ0) is 23.6. The average Bonchev–Trinajstić information content (AvgIpc) is 3.43. The SMILES string of the molecule is CC1(C)O[C@@H]2[C@@H](CCc3ccc4cc(Cl)c(Cl)nc4c3)C[C@@H](n3ccc4cnc(Cl)nc43)[C@@H]2O1. The maximum atomic E-state index is 6.40. The van der Waals surface area contributed by atoms with Gasteiger partial charge in [0.2, 0.25) is 5.28 Å². The summed E-state index contributed by atoms with van der Waals surface area (Å²) in [5.41, 5.74) is 2.89. The van der Waals surface area contributed by atoms with Crippen LogP contribution >= 0.6 is 34.8 Å². The summed E-state index contributed by atoms with van der Waals surface area (Å²) in [4.78, 5) is 13.0. The van der Waals surface area contributed by atoms with Gasteiger partial charge in [0.05, 0.1) is 22.7 Å². The number of aromatic nitrogens is 4. The third kappa shape index (κ3) is 3.95. The predicted molar refractivity (Wildman–Crippen MR) is 134 cm³/mol. The van der Waals surface area contributed by atoms with E-state index in [1.165, 1.54) is 5.56 Å². The van der Waals surface area contributed by atoms with Crippen molar-refractivity contribution >= 4 is 56.7 Å². The first-order chi connectivity index (χ1) is 16.3. The lowest BCUT2D eigenvalue weighted by Gasteiger charge is -2.24. The normalized spacial score (nSPS) is 25.9. The fourth-order valence-corrected chi connectivity index (χ4v) is 5.90. The Morgan fingerprint density at radius 1 is 1.03 bits per heavy atom. The lowest BCUT2D eigenvalue weighted by Crippen LogP contribution is -2.27. The second-order valence-corrected chi connectivity index (χ2v) is 10.7. The largest absolute Gasteiger partial charge is 0.344 e. The van der Waals surface area contributed by atoms with Gasteiger partial charge in [-0.05, 0) is 74.4 Å². The number of fused-ring (bicyclic) bond motifs is 3. The Morgan fingerprint density at radius 2 is 1.85 bits per heavy atom. The van der Waals surface area contributed by atoms with E-state index in [0.717, 1.165) is 41.2 Å². The van der Waals surface area contributed by atoms with Crippen molar-refractivity contribution in [3.63, 3.8) is 0 Å². The molecule has 3 aromatic heterocycles. The molecule has 1 aromatic carbocycles. The molecule has 0 spiro atoms. The number of nitrogens with zero attached hydrogens (tertiary/aromatic N) is 4. The van der Waals surface area contributed by atoms with Crippen LogP contribution in [0.5, 0.6) is 0 Å². The first-order valence-electron chi connectivity index (χ1n) is 11.4. The van der Waals surface area contributed by atoms with E-state index in [1.54, 1.807) is 6.20 Å². The predicted octanol–water partition coefficient (Wildman–Crippen LogP) is 6.65. The average molecular weight is 518 g/mol. The number of pyridine rings is 1. The van der Waals surface area contributed by atoms with E-state index in [-0.39, 0.29) is 23.5 Å². The van der Waals surface area contributed by atoms with Crippen molar-refractivity contribution in [2.24, 2.45) is 5.92 Å². The van der Waals surface area contributed by atoms with Gasteiger partial charge in [-0.25, -0.2) is 9.97 Å². The smallest absolute Gasteiger partial charge is 0.224 e. The Kier molecular flexibility index (Phi) is 5.50. The number of aryl methyl sites for hydroxylation is 1. The summed E-state index contributed by atoms with van der Waals surface area (Å²) >= 11 is 18.3. The molecule has 4 aromatic rings. The van der Waals surface area contributed by atoms with E-state index in [2.05, 4.69) is 37.8 Å². The molecule has 0 N–H and O–H groups in total. The highest BCUT2D eigenvalue weighted by Gasteiger charge is 2.54. The fraction of sp³-hybridized carbons (Fsp3) is 0.400. The van der Waals surface area contributed by atoms with Gasteiger partial charge in [0, 0.05) is 23.2 Å². The second-order valence-electron chi connectivity index (χ2n) is 9.60. The van der Waals surface area contributed by atoms with Crippen LogP contribution < -0.4 is 0 Å². The summed E-state index contributed by atoms with van der Waals surface area (Å²) in [5.74, 6) is -0.283. The van der Waals surface area contributed by atoms with Crippen molar-refractivity contribution in [3.8, 4) is 0 Å². The Bertz CT molecular complexity index is 1410. The number of ether oxygens (including phenoxy) is 2. The minimum absolute atomic E-state index is 0.0154. The highest BCUT2D eigenvalue weighted by atomic mass is 35.5. The number of halogens is 3.